The Morgan fingerprint density at radius 2 is 1.35 bits per heavy atom. The molecule has 0 aromatic carbocycles. The summed E-state index contributed by atoms with van der Waals surface area (Å²) in [5, 5.41) is 32.8. The van der Waals surface area contributed by atoms with Gasteiger partial charge in [-0.1, -0.05) is 23.2 Å². The van der Waals surface area contributed by atoms with Crippen LogP contribution in [0.3, 0.4) is 0 Å². The lowest BCUT2D eigenvalue weighted by Gasteiger charge is -2.15. The predicted octanol–water partition coefficient (Wildman–Crippen LogP) is 5.62. The predicted molar refractivity (Wildman–Crippen MR) is 147 cm³/mol. The Balaban J connectivity index is 0.000000220. The van der Waals surface area contributed by atoms with Gasteiger partial charge in [-0.25, -0.2) is 9.97 Å². The number of nitrogens with zero attached hydrogens (tertiary/aromatic N) is 6. The maximum atomic E-state index is 12.5. The summed E-state index contributed by atoms with van der Waals surface area (Å²) in [6.45, 7) is 6.94. The summed E-state index contributed by atoms with van der Waals surface area (Å²) in [7, 11) is 0. The van der Waals surface area contributed by atoms with Crippen LogP contribution in [0.1, 0.15) is 55.9 Å². The van der Waals surface area contributed by atoms with Crippen molar-refractivity contribution >= 4 is 40.4 Å². The lowest BCUT2D eigenvalue weighted by atomic mass is 9.99. The number of carbonyl (C=O) groups is 1. The van der Waals surface area contributed by atoms with E-state index in [1.165, 1.54) is 18.5 Å². The third kappa shape index (κ3) is 6.60. The highest BCUT2D eigenvalue weighted by Gasteiger charge is 2.27. The Hall–Kier alpha value is -4.39. The van der Waals surface area contributed by atoms with Gasteiger partial charge in [-0.15, -0.1) is 0 Å². The number of aliphatic hydroxyl groups is 1. The van der Waals surface area contributed by atoms with E-state index >= 15 is 0 Å². The second-order valence-corrected chi connectivity index (χ2v) is 9.41. The van der Waals surface area contributed by atoms with Gasteiger partial charge in [0.05, 0.1) is 19.9 Å². The van der Waals surface area contributed by atoms with E-state index in [0.29, 0.717) is 28.1 Å². The van der Waals surface area contributed by atoms with E-state index in [1.807, 2.05) is 0 Å². The van der Waals surface area contributed by atoms with Gasteiger partial charge in [0.15, 0.2) is 11.4 Å². The topological polar surface area (TPSA) is 175 Å². The maximum Gasteiger partial charge on any atom is 0.300 e. The molecule has 0 aliphatic heterocycles. The lowest BCUT2D eigenvalue weighted by molar-refractivity contribution is -0.386. The first-order chi connectivity index (χ1) is 18.8. The van der Waals surface area contributed by atoms with Crippen molar-refractivity contribution in [3.8, 4) is 0 Å². The Morgan fingerprint density at radius 1 is 0.825 bits per heavy atom. The van der Waals surface area contributed by atoms with Crippen LogP contribution in [0, 0.1) is 47.9 Å². The van der Waals surface area contributed by atoms with Gasteiger partial charge < -0.3 is 5.11 Å². The maximum absolute atomic E-state index is 12.5. The molecule has 0 amide bonds. The van der Waals surface area contributed by atoms with E-state index in [1.54, 1.807) is 52.2 Å². The molecule has 4 aromatic heterocycles. The van der Waals surface area contributed by atoms with E-state index in [4.69, 9.17) is 23.2 Å². The molecule has 14 heteroatoms. The van der Waals surface area contributed by atoms with Crippen molar-refractivity contribution in [2.75, 3.05) is 0 Å². The Kier molecular flexibility index (Phi) is 9.53. The molecule has 4 aromatic rings. The Labute approximate surface area is 238 Å². The average molecular weight is 585 g/mol. The summed E-state index contributed by atoms with van der Waals surface area (Å²) >= 11 is 11.4. The van der Waals surface area contributed by atoms with Crippen LogP contribution in [-0.4, -0.2) is 40.7 Å². The van der Waals surface area contributed by atoms with Crippen molar-refractivity contribution in [3.05, 3.63) is 124 Å². The average Bonchev–Trinajstić information content (AvgIpc) is 2.88. The molecule has 4 heterocycles. The summed E-state index contributed by atoms with van der Waals surface area (Å²) in [6.07, 6.45) is 4.45. The van der Waals surface area contributed by atoms with Gasteiger partial charge in [-0.2, -0.15) is 0 Å². The fourth-order valence-electron chi connectivity index (χ4n) is 3.95. The number of carbonyl (C=O) groups excluding carboxylic acids is 1. The molecule has 0 aliphatic carbocycles. The molecule has 0 fully saturated rings. The van der Waals surface area contributed by atoms with Gasteiger partial charge in [0, 0.05) is 59.4 Å². The number of aromatic nitrogens is 4. The highest BCUT2D eigenvalue weighted by Crippen LogP contribution is 2.32. The molecule has 1 atom stereocenters. The van der Waals surface area contributed by atoms with E-state index in [-0.39, 0.29) is 27.1 Å². The normalized spacial score (nSPS) is 11.3. The smallest absolute Gasteiger partial charge is 0.300 e. The molecule has 40 heavy (non-hydrogen) atoms. The molecular formula is C26H22Cl2N6O6. The minimum absolute atomic E-state index is 0.0430. The first kappa shape index (κ1) is 30.2. The van der Waals surface area contributed by atoms with Crippen LogP contribution in [0.25, 0.3) is 0 Å². The van der Waals surface area contributed by atoms with Gasteiger partial charge in [0.25, 0.3) is 11.4 Å². The number of ketones is 1. The number of hydrogen-bond acceptors (Lipinski definition) is 10. The van der Waals surface area contributed by atoms with E-state index < -0.39 is 27.4 Å². The van der Waals surface area contributed by atoms with Gasteiger partial charge in [-0.3, -0.25) is 35.0 Å². The molecule has 0 aliphatic rings. The molecule has 0 saturated carbocycles. The van der Waals surface area contributed by atoms with E-state index in [0.717, 1.165) is 11.6 Å². The van der Waals surface area contributed by atoms with E-state index in [2.05, 4.69) is 19.9 Å². The molecule has 206 valence electrons. The first-order valence-corrected chi connectivity index (χ1v) is 12.3. The zero-order valence-electron chi connectivity index (χ0n) is 21.6. The Bertz CT molecular complexity index is 1590. The molecule has 0 bridgehead atoms. The largest absolute Gasteiger partial charge is 0.382 e. The molecule has 0 radical (unpaired) electrons. The minimum atomic E-state index is -1.22. The highest BCUT2D eigenvalue weighted by molar-refractivity contribution is 6.31. The zero-order valence-corrected chi connectivity index (χ0v) is 23.1. The number of rotatable bonds is 6. The van der Waals surface area contributed by atoms with Crippen LogP contribution < -0.4 is 0 Å². The van der Waals surface area contributed by atoms with Gasteiger partial charge in [0.1, 0.15) is 6.10 Å². The van der Waals surface area contributed by atoms with Crippen molar-refractivity contribution < 1.29 is 19.7 Å². The molecule has 0 spiro atoms. The third-order valence-corrected chi connectivity index (χ3v) is 6.24. The van der Waals surface area contributed by atoms with Crippen LogP contribution in [0.5, 0.6) is 0 Å². The summed E-state index contributed by atoms with van der Waals surface area (Å²) in [5.74, 6) is -0.531. The quantitative estimate of drug-likeness (QED) is 0.170. The fourth-order valence-corrected chi connectivity index (χ4v) is 4.25. The van der Waals surface area contributed by atoms with Crippen molar-refractivity contribution in [1.82, 2.24) is 19.9 Å². The lowest BCUT2D eigenvalue weighted by Crippen LogP contribution is -2.12. The van der Waals surface area contributed by atoms with Gasteiger partial charge in [-0.05, 0) is 51.0 Å². The van der Waals surface area contributed by atoms with Crippen LogP contribution in [0.4, 0.5) is 11.4 Å². The van der Waals surface area contributed by atoms with Gasteiger partial charge >= 0.3 is 0 Å². The van der Waals surface area contributed by atoms with Crippen LogP contribution in [0.15, 0.2) is 49.1 Å². The second-order valence-electron chi connectivity index (χ2n) is 8.54. The van der Waals surface area contributed by atoms with Crippen molar-refractivity contribution in [1.29, 1.82) is 0 Å². The Morgan fingerprint density at radius 3 is 1.90 bits per heavy atom. The number of aliphatic hydroxyl groups excluding tert-OH is 1. The molecule has 0 saturated heterocycles. The summed E-state index contributed by atoms with van der Waals surface area (Å²) < 4.78 is 0. The number of nitro groups is 2. The van der Waals surface area contributed by atoms with Crippen molar-refractivity contribution in [3.63, 3.8) is 0 Å². The second kappa shape index (κ2) is 12.6. The zero-order chi connectivity index (χ0) is 29.7. The van der Waals surface area contributed by atoms with E-state index in [9.17, 15) is 30.1 Å². The summed E-state index contributed by atoms with van der Waals surface area (Å²) in [6, 6.07) is 5.69. The van der Waals surface area contributed by atoms with Crippen LogP contribution >= 0.6 is 23.2 Å². The van der Waals surface area contributed by atoms with Crippen LogP contribution in [-0.2, 0) is 0 Å². The molecule has 12 nitrogen and oxygen atoms in total. The number of halogens is 2. The number of hydrogen-bond donors (Lipinski definition) is 1. The highest BCUT2D eigenvalue weighted by atomic mass is 35.5. The SMILES string of the molecule is Cc1ccnc(C)c1C(=O)c1ncc(Cl)cc1[N+](=O)[O-].Cc1ccnc(C)c1C(O)c1ncc(Cl)cc1[N+](=O)[O-]. The standard InChI is InChI=1S/C13H12ClN3O3.C13H10ClN3O3/c2*1-7-3-4-15-8(2)11(7)13(18)12-10(17(19)20)5-9(14)6-16-12/h3-6,13,18H,1-2H3;3-6H,1-2H3. The number of pyridine rings is 4. The molecular weight excluding hydrogens is 563 g/mol. The first-order valence-electron chi connectivity index (χ1n) is 11.5. The fraction of sp³-hybridized carbons (Fsp3) is 0.192. The van der Waals surface area contributed by atoms with Crippen molar-refractivity contribution in [2.24, 2.45) is 0 Å². The van der Waals surface area contributed by atoms with Crippen molar-refractivity contribution in [2.45, 2.75) is 33.8 Å². The summed E-state index contributed by atoms with van der Waals surface area (Å²) in [5.41, 5.74) is 2.42. The summed E-state index contributed by atoms with van der Waals surface area (Å²) in [4.78, 5) is 49.1. The van der Waals surface area contributed by atoms with Crippen LogP contribution in [0.2, 0.25) is 10.0 Å². The number of aryl methyl sites for hydroxylation is 4. The molecule has 1 N–H and O–H groups in total. The van der Waals surface area contributed by atoms with Gasteiger partial charge in [0.2, 0.25) is 5.78 Å². The monoisotopic (exact) mass is 584 g/mol. The third-order valence-electron chi connectivity index (χ3n) is 5.82. The molecule has 4 rings (SSSR count). The molecule has 1 unspecified atom stereocenters. The minimum Gasteiger partial charge on any atom is -0.382 e.